The van der Waals surface area contributed by atoms with Gasteiger partial charge in [-0.05, 0) is 12.1 Å². The molecule has 0 atom stereocenters. The molecule has 0 spiro atoms. The second-order valence-electron chi connectivity index (χ2n) is 1.72. The smallest absolute Gasteiger partial charge is 0.123 e. The Balaban J connectivity index is 2.43. The zero-order valence-electron chi connectivity index (χ0n) is 5.46. The lowest BCUT2D eigenvalue weighted by molar-refractivity contribution is 0.273. The minimum absolute atomic E-state index is 0.115. The summed E-state index contributed by atoms with van der Waals surface area (Å²) in [5.41, 5.74) is 0. The van der Waals surface area contributed by atoms with Crippen LogP contribution in [0.4, 0.5) is 4.39 Å². The fourth-order valence-corrected chi connectivity index (χ4v) is 0.591. The first kappa shape index (κ1) is 6.99. The molecule has 10 heavy (non-hydrogen) atoms. The van der Waals surface area contributed by atoms with E-state index in [0.29, 0.717) is 5.75 Å². The van der Waals surface area contributed by atoms with Crippen LogP contribution in [0.2, 0.25) is 0 Å². The molecule has 2 nitrogen and oxygen atoms in total. The lowest BCUT2D eigenvalue weighted by Crippen LogP contribution is -1.97. The number of rotatable bonds is 3. The van der Waals surface area contributed by atoms with Crippen molar-refractivity contribution < 1.29 is 9.13 Å². The summed E-state index contributed by atoms with van der Waals surface area (Å²) in [5, 5.41) is 0. The first-order valence-corrected chi connectivity index (χ1v) is 3.02. The first-order chi connectivity index (χ1) is 4.93. The van der Waals surface area contributed by atoms with Gasteiger partial charge in [0.2, 0.25) is 0 Å². The van der Waals surface area contributed by atoms with Gasteiger partial charge in [-0.1, -0.05) is 0 Å². The lowest BCUT2D eigenvalue weighted by Gasteiger charge is -2.00. The van der Waals surface area contributed by atoms with Crippen LogP contribution in [0, 0.1) is 0 Å². The van der Waals surface area contributed by atoms with Gasteiger partial charge in [-0.2, -0.15) is 0 Å². The number of alkyl halides is 1. The van der Waals surface area contributed by atoms with Gasteiger partial charge in [-0.15, -0.1) is 0 Å². The Morgan fingerprint density at radius 2 is 2.10 bits per heavy atom. The number of halogens is 1. The standard InChI is InChI=1S/C7H8FNO/c8-3-6-10-7-1-4-9-5-2-7/h1-2,4-5H,3,6H2. The highest BCUT2D eigenvalue weighted by atomic mass is 19.1. The minimum Gasteiger partial charge on any atom is -0.491 e. The molecule has 0 fully saturated rings. The second kappa shape index (κ2) is 3.82. The summed E-state index contributed by atoms with van der Waals surface area (Å²) >= 11 is 0. The number of pyridine rings is 1. The van der Waals surface area contributed by atoms with Gasteiger partial charge in [-0.3, -0.25) is 4.98 Å². The Hall–Kier alpha value is -1.12. The van der Waals surface area contributed by atoms with Crippen LogP contribution < -0.4 is 4.74 Å². The van der Waals surface area contributed by atoms with Gasteiger partial charge in [0.15, 0.2) is 0 Å². The topological polar surface area (TPSA) is 22.1 Å². The maximum Gasteiger partial charge on any atom is 0.123 e. The van der Waals surface area contributed by atoms with Crippen LogP contribution in [0.3, 0.4) is 0 Å². The van der Waals surface area contributed by atoms with Crippen LogP contribution in [-0.2, 0) is 0 Å². The SMILES string of the molecule is FCCOc1ccncc1. The number of aromatic nitrogens is 1. The van der Waals surface area contributed by atoms with E-state index in [1.807, 2.05) is 0 Å². The molecular formula is C7H8FNO. The largest absolute Gasteiger partial charge is 0.491 e. The summed E-state index contributed by atoms with van der Waals surface area (Å²) in [5.74, 6) is 0.660. The first-order valence-electron chi connectivity index (χ1n) is 3.02. The molecular weight excluding hydrogens is 133 g/mol. The summed E-state index contributed by atoms with van der Waals surface area (Å²) in [4.78, 5) is 3.78. The Labute approximate surface area is 58.7 Å². The number of ether oxygens (including phenoxy) is 1. The third kappa shape index (κ3) is 2.01. The Bertz CT molecular complexity index is 178. The Morgan fingerprint density at radius 3 is 2.70 bits per heavy atom. The van der Waals surface area contributed by atoms with Crippen LogP contribution >= 0.6 is 0 Å². The molecule has 1 rings (SSSR count). The van der Waals surface area contributed by atoms with Gasteiger partial charge in [-0.25, -0.2) is 4.39 Å². The van der Waals surface area contributed by atoms with Gasteiger partial charge in [0.1, 0.15) is 19.0 Å². The predicted octanol–water partition coefficient (Wildman–Crippen LogP) is 1.43. The minimum atomic E-state index is -0.456. The van der Waals surface area contributed by atoms with E-state index in [9.17, 15) is 4.39 Å². The van der Waals surface area contributed by atoms with Crippen LogP contribution in [0.15, 0.2) is 24.5 Å². The van der Waals surface area contributed by atoms with Crippen LogP contribution in [0.5, 0.6) is 5.75 Å². The molecule has 0 saturated carbocycles. The van der Waals surface area contributed by atoms with Crippen molar-refractivity contribution in [2.24, 2.45) is 0 Å². The molecule has 1 aromatic heterocycles. The fraction of sp³-hybridized carbons (Fsp3) is 0.286. The van der Waals surface area contributed by atoms with Crippen molar-refractivity contribution in [1.29, 1.82) is 0 Å². The summed E-state index contributed by atoms with van der Waals surface area (Å²) in [6.45, 7) is -0.341. The van der Waals surface area contributed by atoms with E-state index in [4.69, 9.17) is 4.74 Å². The molecule has 1 aromatic rings. The van der Waals surface area contributed by atoms with Crippen molar-refractivity contribution in [2.75, 3.05) is 13.3 Å². The van der Waals surface area contributed by atoms with Gasteiger partial charge in [0.25, 0.3) is 0 Å². The molecule has 0 aliphatic rings. The predicted molar refractivity (Wildman–Crippen MR) is 35.7 cm³/mol. The molecule has 0 saturated heterocycles. The Morgan fingerprint density at radius 1 is 1.40 bits per heavy atom. The van der Waals surface area contributed by atoms with Crippen molar-refractivity contribution in [3.8, 4) is 5.75 Å². The highest BCUT2D eigenvalue weighted by Crippen LogP contribution is 2.05. The third-order valence-electron chi connectivity index (χ3n) is 0.996. The van der Waals surface area contributed by atoms with Crippen molar-refractivity contribution in [1.82, 2.24) is 4.98 Å². The Kier molecular flexibility index (Phi) is 2.67. The molecule has 0 unspecified atom stereocenters. The normalized spacial score (nSPS) is 9.30. The van der Waals surface area contributed by atoms with E-state index in [1.54, 1.807) is 24.5 Å². The third-order valence-corrected chi connectivity index (χ3v) is 0.996. The molecule has 54 valence electrons. The van der Waals surface area contributed by atoms with E-state index >= 15 is 0 Å². The fourth-order valence-electron chi connectivity index (χ4n) is 0.591. The van der Waals surface area contributed by atoms with Crippen molar-refractivity contribution in [2.45, 2.75) is 0 Å². The zero-order chi connectivity index (χ0) is 7.23. The van der Waals surface area contributed by atoms with Gasteiger partial charge in [0, 0.05) is 12.4 Å². The number of hydrogen-bond acceptors (Lipinski definition) is 2. The van der Waals surface area contributed by atoms with E-state index in [1.165, 1.54) is 0 Å². The van der Waals surface area contributed by atoms with Crippen molar-refractivity contribution in [3.63, 3.8) is 0 Å². The average molecular weight is 141 g/mol. The summed E-state index contributed by atoms with van der Waals surface area (Å²) < 4.78 is 16.5. The van der Waals surface area contributed by atoms with Crippen molar-refractivity contribution in [3.05, 3.63) is 24.5 Å². The molecule has 0 bridgehead atoms. The summed E-state index contributed by atoms with van der Waals surface area (Å²) in [6, 6.07) is 3.38. The molecule has 0 radical (unpaired) electrons. The molecule has 0 aliphatic carbocycles. The van der Waals surface area contributed by atoms with E-state index in [2.05, 4.69) is 4.98 Å². The van der Waals surface area contributed by atoms with E-state index in [0.717, 1.165) is 0 Å². The van der Waals surface area contributed by atoms with Crippen LogP contribution in [-0.4, -0.2) is 18.3 Å². The van der Waals surface area contributed by atoms with Crippen LogP contribution in [0.25, 0.3) is 0 Å². The van der Waals surface area contributed by atoms with Crippen molar-refractivity contribution >= 4 is 0 Å². The number of hydrogen-bond donors (Lipinski definition) is 0. The monoisotopic (exact) mass is 141 g/mol. The zero-order valence-corrected chi connectivity index (χ0v) is 5.46. The van der Waals surface area contributed by atoms with Gasteiger partial charge >= 0.3 is 0 Å². The molecule has 0 amide bonds. The average Bonchev–Trinajstić information content (AvgIpc) is 2.03. The second-order valence-corrected chi connectivity index (χ2v) is 1.72. The van der Waals surface area contributed by atoms with E-state index in [-0.39, 0.29) is 6.61 Å². The van der Waals surface area contributed by atoms with Gasteiger partial charge in [0.05, 0.1) is 0 Å². The molecule has 0 aliphatic heterocycles. The lowest BCUT2D eigenvalue weighted by atomic mass is 10.5. The molecule has 0 N–H and O–H groups in total. The highest BCUT2D eigenvalue weighted by Gasteiger charge is 1.88. The summed E-state index contributed by atoms with van der Waals surface area (Å²) in [7, 11) is 0. The maximum absolute atomic E-state index is 11.5. The number of nitrogens with zero attached hydrogens (tertiary/aromatic N) is 1. The molecule has 3 heteroatoms. The maximum atomic E-state index is 11.5. The highest BCUT2D eigenvalue weighted by molar-refractivity contribution is 5.16. The molecule has 1 heterocycles. The quantitative estimate of drug-likeness (QED) is 0.635. The summed E-state index contributed by atoms with van der Waals surface area (Å²) in [6.07, 6.45) is 3.21. The molecule has 0 aromatic carbocycles. The van der Waals surface area contributed by atoms with Crippen LogP contribution in [0.1, 0.15) is 0 Å². The van der Waals surface area contributed by atoms with Gasteiger partial charge < -0.3 is 4.74 Å². The van der Waals surface area contributed by atoms with E-state index < -0.39 is 6.67 Å².